The molecule has 0 spiro atoms. The molecular weight excluding hydrogens is 851 g/mol. The minimum atomic E-state index is -0.671. The first kappa shape index (κ1) is 67.3. The van der Waals surface area contributed by atoms with Crippen molar-refractivity contribution in [2.24, 2.45) is 0 Å². The molecule has 2 unspecified atom stereocenters. The number of hydrogen-bond acceptors (Lipinski definition) is 5. The van der Waals surface area contributed by atoms with Gasteiger partial charge in [0, 0.05) is 12.8 Å². The summed E-state index contributed by atoms with van der Waals surface area (Å²) in [6.07, 6.45) is 71.7. The summed E-state index contributed by atoms with van der Waals surface area (Å²) in [5.41, 5.74) is 0. The molecule has 0 aromatic carbocycles. The van der Waals surface area contributed by atoms with E-state index in [1.54, 1.807) is 0 Å². The Balaban J connectivity index is 3.43. The summed E-state index contributed by atoms with van der Waals surface area (Å²) in [5.74, 6) is -0.0468. The lowest BCUT2D eigenvalue weighted by atomic mass is 10.0. The molecule has 0 aliphatic heterocycles. The van der Waals surface area contributed by atoms with E-state index in [9.17, 15) is 19.8 Å². The monoisotopic (exact) mass is 972 g/mol. The highest BCUT2D eigenvalue weighted by atomic mass is 16.5. The van der Waals surface area contributed by atoms with Crippen molar-refractivity contribution < 1.29 is 24.5 Å². The highest BCUT2D eigenvalue weighted by molar-refractivity contribution is 5.76. The van der Waals surface area contributed by atoms with Crippen LogP contribution in [0.25, 0.3) is 0 Å². The predicted molar refractivity (Wildman–Crippen MR) is 301 cm³/mol. The van der Waals surface area contributed by atoms with Crippen molar-refractivity contribution in [2.45, 2.75) is 353 Å². The van der Waals surface area contributed by atoms with E-state index in [-0.39, 0.29) is 18.5 Å². The highest BCUT2D eigenvalue weighted by Gasteiger charge is 2.20. The third kappa shape index (κ3) is 55.5. The third-order valence-electron chi connectivity index (χ3n) is 14.5. The second kappa shape index (κ2) is 58.9. The van der Waals surface area contributed by atoms with Crippen molar-refractivity contribution in [1.82, 2.24) is 5.32 Å². The number of unbranched alkanes of at least 4 members (excludes halogenated alkanes) is 43. The molecule has 0 aliphatic rings. The van der Waals surface area contributed by atoms with Gasteiger partial charge in [-0.2, -0.15) is 0 Å². The van der Waals surface area contributed by atoms with Gasteiger partial charge in [0.15, 0.2) is 0 Å². The van der Waals surface area contributed by atoms with Crippen LogP contribution in [0.4, 0.5) is 0 Å². The van der Waals surface area contributed by atoms with Crippen molar-refractivity contribution in [1.29, 1.82) is 0 Å². The molecule has 3 N–H and O–H groups in total. The lowest BCUT2D eigenvalue weighted by Gasteiger charge is -2.22. The van der Waals surface area contributed by atoms with E-state index in [0.29, 0.717) is 25.9 Å². The molecule has 0 heterocycles. The number of allylic oxidation sites excluding steroid dienone is 4. The molecule has 0 saturated heterocycles. The van der Waals surface area contributed by atoms with E-state index >= 15 is 0 Å². The van der Waals surface area contributed by atoms with E-state index in [1.807, 2.05) is 0 Å². The fourth-order valence-corrected chi connectivity index (χ4v) is 9.73. The van der Waals surface area contributed by atoms with Gasteiger partial charge < -0.3 is 20.3 Å². The normalized spacial score (nSPS) is 12.7. The van der Waals surface area contributed by atoms with Crippen molar-refractivity contribution in [3.8, 4) is 0 Å². The number of ether oxygens (including phenoxy) is 1. The van der Waals surface area contributed by atoms with Gasteiger partial charge in [0.1, 0.15) is 0 Å². The SMILES string of the molecule is CCCCC/C=C\C/C=C\CCCCCCCCCC(=O)OCCCCCCCCCCCCCCCCCC(=O)NC(CO)C(O)CCCCCCCCCCCCCCCCCCCCCC. The van der Waals surface area contributed by atoms with Crippen molar-refractivity contribution in [2.75, 3.05) is 13.2 Å². The van der Waals surface area contributed by atoms with Gasteiger partial charge >= 0.3 is 5.97 Å². The fourth-order valence-electron chi connectivity index (χ4n) is 9.73. The number of carbonyl (C=O) groups excluding carboxylic acids is 2. The van der Waals surface area contributed by atoms with E-state index in [4.69, 9.17) is 4.74 Å². The smallest absolute Gasteiger partial charge is 0.305 e. The molecule has 0 radical (unpaired) electrons. The number of aliphatic hydroxyl groups excluding tert-OH is 2. The van der Waals surface area contributed by atoms with Crippen LogP contribution in [0, 0.1) is 0 Å². The number of hydrogen-bond donors (Lipinski definition) is 3. The summed E-state index contributed by atoms with van der Waals surface area (Å²) in [4.78, 5) is 24.6. The van der Waals surface area contributed by atoms with Crippen LogP contribution in [0.15, 0.2) is 24.3 Å². The number of rotatable bonds is 58. The van der Waals surface area contributed by atoms with Gasteiger partial charge in [0.25, 0.3) is 0 Å². The zero-order valence-corrected chi connectivity index (χ0v) is 46.6. The van der Waals surface area contributed by atoms with Crippen LogP contribution in [0.2, 0.25) is 0 Å². The average Bonchev–Trinajstić information content (AvgIpc) is 3.35. The molecule has 6 heteroatoms. The van der Waals surface area contributed by atoms with Gasteiger partial charge in [0.05, 0.1) is 25.4 Å². The van der Waals surface area contributed by atoms with Crippen LogP contribution in [-0.2, 0) is 14.3 Å². The maximum atomic E-state index is 12.5. The second-order valence-corrected chi connectivity index (χ2v) is 21.4. The Labute approximate surface area is 431 Å². The van der Waals surface area contributed by atoms with Crippen LogP contribution < -0.4 is 5.32 Å². The lowest BCUT2D eigenvalue weighted by Crippen LogP contribution is -2.45. The first-order valence-corrected chi connectivity index (χ1v) is 31.1. The lowest BCUT2D eigenvalue weighted by molar-refractivity contribution is -0.143. The van der Waals surface area contributed by atoms with E-state index < -0.39 is 12.1 Å². The summed E-state index contributed by atoms with van der Waals surface area (Å²) in [7, 11) is 0. The minimum Gasteiger partial charge on any atom is -0.466 e. The van der Waals surface area contributed by atoms with Crippen molar-refractivity contribution in [3.63, 3.8) is 0 Å². The zero-order chi connectivity index (χ0) is 50.0. The van der Waals surface area contributed by atoms with Crippen LogP contribution in [0.5, 0.6) is 0 Å². The molecule has 0 aromatic heterocycles. The molecule has 1 amide bonds. The van der Waals surface area contributed by atoms with Crippen LogP contribution in [0.3, 0.4) is 0 Å². The molecule has 0 rings (SSSR count). The molecular formula is C63H121NO5. The van der Waals surface area contributed by atoms with E-state index in [0.717, 1.165) is 57.8 Å². The Bertz CT molecular complexity index is 1080. The Hall–Kier alpha value is -1.66. The number of carbonyl (C=O) groups is 2. The van der Waals surface area contributed by atoms with Crippen LogP contribution in [0.1, 0.15) is 341 Å². The summed E-state index contributed by atoms with van der Waals surface area (Å²) in [6, 6.07) is -0.549. The Morgan fingerprint density at radius 2 is 0.725 bits per heavy atom. The molecule has 2 atom stereocenters. The topological polar surface area (TPSA) is 95.9 Å². The van der Waals surface area contributed by atoms with Crippen molar-refractivity contribution in [3.05, 3.63) is 24.3 Å². The summed E-state index contributed by atoms with van der Waals surface area (Å²) in [6.45, 7) is 4.93. The molecule has 0 aromatic rings. The number of nitrogens with one attached hydrogen (secondary N) is 1. The predicted octanol–water partition coefficient (Wildman–Crippen LogP) is 19.4. The molecule has 0 saturated carbocycles. The van der Waals surface area contributed by atoms with Gasteiger partial charge in [-0.3, -0.25) is 9.59 Å². The third-order valence-corrected chi connectivity index (χ3v) is 14.5. The van der Waals surface area contributed by atoms with Gasteiger partial charge in [-0.1, -0.05) is 295 Å². The van der Waals surface area contributed by atoms with Crippen LogP contribution >= 0.6 is 0 Å². The molecule has 6 nitrogen and oxygen atoms in total. The first-order chi connectivity index (χ1) is 34.0. The first-order valence-electron chi connectivity index (χ1n) is 31.1. The number of aliphatic hydroxyl groups is 2. The van der Waals surface area contributed by atoms with Gasteiger partial charge in [-0.25, -0.2) is 0 Å². The van der Waals surface area contributed by atoms with Gasteiger partial charge in [-0.15, -0.1) is 0 Å². The quantitative estimate of drug-likeness (QED) is 0.0321. The maximum absolute atomic E-state index is 12.5. The fraction of sp³-hybridized carbons (Fsp3) is 0.905. The van der Waals surface area contributed by atoms with Gasteiger partial charge in [-0.05, 0) is 57.8 Å². The number of amides is 1. The Morgan fingerprint density at radius 3 is 1.13 bits per heavy atom. The Kier molecular flexibility index (Phi) is 57.5. The molecule has 69 heavy (non-hydrogen) atoms. The zero-order valence-electron chi connectivity index (χ0n) is 46.6. The van der Waals surface area contributed by atoms with E-state index in [1.165, 1.54) is 250 Å². The van der Waals surface area contributed by atoms with Gasteiger partial charge in [0.2, 0.25) is 5.91 Å². The molecule has 0 fully saturated rings. The standard InChI is InChI=1S/C63H121NO5/c1-3-5-7-9-11-13-15-17-19-21-22-23-25-27-31-35-39-43-47-51-55-61(66)60(59-65)64-62(67)56-52-48-44-40-36-32-28-26-30-34-38-42-46-50-54-58-69-63(68)57-53-49-45-41-37-33-29-24-20-18-16-14-12-10-8-6-4-2/h12,14,18,20,60-61,65-66H,3-11,13,15-17,19,21-59H2,1-2H3,(H,64,67)/b14-12-,20-18-. The summed E-state index contributed by atoms with van der Waals surface area (Å²) in [5, 5.41) is 23.4. The molecule has 0 bridgehead atoms. The van der Waals surface area contributed by atoms with Crippen LogP contribution in [-0.4, -0.2) is 47.4 Å². The minimum absolute atomic E-state index is 0.00620. The maximum Gasteiger partial charge on any atom is 0.305 e. The largest absolute Gasteiger partial charge is 0.466 e. The van der Waals surface area contributed by atoms with Crippen molar-refractivity contribution >= 4 is 11.9 Å². The molecule has 0 aliphatic carbocycles. The summed E-state index contributed by atoms with van der Waals surface area (Å²) < 4.78 is 5.48. The summed E-state index contributed by atoms with van der Waals surface area (Å²) >= 11 is 0. The second-order valence-electron chi connectivity index (χ2n) is 21.4. The number of esters is 1. The Morgan fingerprint density at radius 1 is 0.406 bits per heavy atom. The molecule has 408 valence electrons. The van der Waals surface area contributed by atoms with E-state index in [2.05, 4.69) is 43.5 Å². The average molecular weight is 973 g/mol. The highest BCUT2D eigenvalue weighted by Crippen LogP contribution is 2.18.